The Morgan fingerprint density at radius 1 is 1.53 bits per heavy atom. The maximum atomic E-state index is 13.5. The second kappa shape index (κ2) is 8.27. The molecule has 0 heterocycles. The van der Waals surface area contributed by atoms with Crippen LogP contribution in [0.4, 0.5) is 4.39 Å². The van der Waals surface area contributed by atoms with Crippen molar-refractivity contribution in [1.82, 2.24) is 5.32 Å². The van der Waals surface area contributed by atoms with Crippen LogP contribution in [-0.2, 0) is 11.2 Å². The van der Waals surface area contributed by atoms with Crippen molar-refractivity contribution in [2.45, 2.75) is 26.2 Å². The first-order valence-electron chi connectivity index (χ1n) is 6.34. The molecule has 19 heavy (non-hydrogen) atoms. The lowest BCUT2D eigenvalue weighted by molar-refractivity contribution is -0.121. The van der Waals surface area contributed by atoms with Crippen molar-refractivity contribution in [3.8, 4) is 0 Å². The van der Waals surface area contributed by atoms with Crippen LogP contribution in [0.3, 0.4) is 0 Å². The van der Waals surface area contributed by atoms with Crippen molar-refractivity contribution in [3.63, 3.8) is 0 Å². The zero-order valence-corrected chi connectivity index (χ0v) is 12.5. The van der Waals surface area contributed by atoms with Gasteiger partial charge in [-0.3, -0.25) is 4.79 Å². The molecule has 0 aromatic heterocycles. The molecule has 1 aromatic carbocycles. The SMILES string of the molecule is CC(CCO)CNC(=O)CCc1ccc(Br)cc1F. The first-order valence-corrected chi connectivity index (χ1v) is 7.13. The molecule has 1 amide bonds. The van der Waals surface area contributed by atoms with Gasteiger partial charge in [-0.15, -0.1) is 0 Å². The van der Waals surface area contributed by atoms with Gasteiger partial charge < -0.3 is 10.4 Å². The molecular weight excluding hydrogens is 313 g/mol. The highest BCUT2D eigenvalue weighted by Crippen LogP contribution is 2.16. The first-order chi connectivity index (χ1) is 9.02. The van der Waals surface area contributed by atoms with Crippen LogP contribution in [0.1, 0.15) is 25.3 Å². The number of amides is 1. The number of aliphatic hydroxyl groups excluding tert-OH is 1. The molecule has 0 saturated carbocycles. The van der Waals surface area contributed by atoms with Crippen molar-refractivity contribution in [2.75, 3.05) is 13.2 Å². The summed E-state index contributed by atoms with van der Waals surface area (Å²) in [5.74, 6) is -0.138. The molecule has 1 atom stereocenters. The van der Waals surface area contributed by atoms with Crippen LogP contribution in [0.25, 0.3) is 0 Å². The Morgan fingerprint density at radius 2 is 2.26 bits per heavy atom. The van der Waals surface area contributed by atoms with E-state index in [2.05, 4.69) is 21.2 Å². The third-order valence-corrected chi connectivity index (χ3v) is 3.40. The van der Waals surface area contributed by atoms with E-state index in [1.165, 1.54) is 6.07 Å². The molecule has 0 aliphatic heterocycles. The van der Waals surface area contributed by atoms with Crippen LogP contribution < -0.4 is 5.32 Å². The molecule has 0 fully saturated rings. The Balaban J connectivity index is 2.33. The van der Waals surface area contributed by atoms with Crippen LogP contribution in [0.5, 0.6) is 0 Å². The smallest absolute Gasteiger partial charge is 0.220 e. The summed E-state index contributed by atoms with van der Waals surface area (Å²) in [5, 5.41) is 11.5. The van der Waals surface area contributed by atoms with Gasteiger partial charge in [-0.2, -0.15) is 0 Å². The van der Waals surface area contributed by atoms with E-state index in [-0.39, 0.29) is 30.7 Å². The van der Waals surface area contributed by atoms with E-state index in [0.29, 0.717) is 29.4 Å². The van der Waals surface area contributed by atoms with E-state index in [9.17, 15) is 9.18 Å². The molecule has 1 unspecified atom stereocenters. The van der Waals surface area contributed by atoms with Gasteiger partial charge in [0.15, 0.2) is 0 Å². The topological polar surface area (TPSA) is 49.3 Å². The second-order valence-corrected chi connectivity index (χ2v) is 5.57. The van der Waals surface area contributed by atoms with Gasteiger partial charge in [-0.1, -0.05) is 28.9 Å². The van der Waals surface area contributed by atoms with E-state index in [4.69, 9.17) is 5.11 Å². The van der Waals surface area contributed by atoms with Crippen molar-refractivity contribution in [3.05, 3.63) is 34.1 Å². The molecule has 1 rings (SSSR count). The zero-order valence-electron chi connectivity index (χ0n) is 11.0. The highest BCUT2D eigenvalue weighted by atomic mass is 79.9. The fraction of sp³-hybridized carbons (Fsp3) is 0.500. The maximum Gasteiger partial charge on any atom is 0.220 e. The van der Waals surface area contributed by atoms with Crippen molar-refractivity contribution < 1.29 is 14.3 Å². The Bertz CT molecular complexity index is 426. The number of benzene rings is 1. The zero-order chi connectivity index (χ0) is 14.3. The predicted molar refractivity (Wildman–Crippen MR) is 76.3 cm³/mol. The fourth-order valence-electron chi connectivity index (χ4n) is 1.67. The average molecular weight is 332 g/mol. The number of hydrogen-bond acceptors (Lipinski definition) is 2. The number of aryl methyl sites for hydroxylation is 1. The number of carbonyl (C=O) groups excluding carboxylic acids is 1. The molecule has 0 saturated heterocycles. The van der Waals surface area contributed by atoms with E-state index in [1.54, 1.807) is 12.1 Å². The van der Waals surface area contributed by atoms with Gasteiger partial charge in [0, 0.05) is 24.0 Å². The van der Waals surface area contributed by atoms with E-state index < -0.39 is 0 Å². The summed E-state index contributed by atoms with van der Waals surface area (Å²) < 4.78 is 14.2. The van der Waals surface area contributed by atoms with Crippen LogP contribution in [0, 0.1) is 11.7 Å². The summed E-state index contributed by atoms with van der Waals surface area (Å²) in [6, 6.07) is 4.84. The number of aliphatic hydroxyl groups is 1. The molecule has 106 valence electrons. The molecule has 0 aliphatic rings. The van der Waals surface area contributed by atoms with Crippen molar-refractivity contribution in [2.24, 2.45) is 5.92 Å². The van der Waals surface area contributed by atoms with Gasteiger partial charge in [0.2, 0.25) is 5.91 Å². The van der Waals surface area contributed by atoms with Gasteiger partial charge in [0.1, 0.15) is 5.82 Å². The Morgan fingerprint density at radius 3 is 2.89 bits per heavy atom. The molecule has 0 radical (unpaired) electrons. The number of nitrogens with one attached hydrogen (secondary N) is 1. The van der Waals surface area contributed by atoms with Gasteiger partial charge in [0.25, 0.3) is 0 Å². The lowest BCUT2D eigenvalue weighted by Crippen LogP contribution is -2.28. The van der Waals surface area contributed by atoms with Crippen LogP contribution in [0.2, 0.25) is 0 Å². The standard InChI is InChI=1S/C14H19BrFNO2/c1-10(6-7-18)9-17-14(19)5-3-11-2-4-12(15)8-13(11)16/h2,4,8,10,18H,3,5-7,9H2,1H3,(H,17,19). The van der Waals surface area contributed by atoms with Crippen molar-refractivity contribution in [1.29, 1.82) is 0 Å². The Labute approximate surface area is 121 Å². The quantitative estimate of drug-likeness (QED) is 0.807. The molecule has 5 heteroatoms. The number of carbonyl (C=O) groups is 1. The highest BCUT2D eigenvalue weighted by molar-refractivity contribution is 9.10. The van der Waals surface area contributed by atoms with Gasteiger partial charge >= 0.3 is 0 Å². The van der Waals surface area contributed by atoms with Crippen LogP contribution >= 0.6 is 15.9 Å². The lowest BCUT2D eigenvalue weighted by Gasteiger charge is -2.11. The Kier molecular flexibility index (Phi) is 7.02. The van der Waals surface area contributed by atoms with E-state index in [1.807, 2.05) is 6.92 Å². The van der Waals surface area contributed by atoms with Gasteiger partial charge in [0.05, 0.1) is 0 Å². The molecule has 0 bridgehead atoms. The molecule has 1 aromatic rings. The maximum absolute atomic E-state index is 13.5. The van der Waals surface area contributed by atoms with E-state index >= 15 is 0 Å². The third kappa shape index (κ3) is 6.16. The minimum Gasteiger partial charge on any atom is -0.396 e. The van der Waals surface area contributed by atoms with Crippen molar-refractivity contribution >= 4 is 21.8 Å². The summed E-state index contributed by atoms with van der Waals surface area (Å²) in [5.41, 5.74) is 0.543. The summed E-state index contributed by atoms with van der Waals surface area (Å²) in [7, 11) is 0. The minimum absolute atomic E-state index is 0.0906. The number of halogens is 2. The second-order valence-electron chi connectivity index (χ2n) is 4.66. The van der Waals surface area contributed by atoms with Gasteiger partial charge in [-0.25, -0.2) is 4.39 Å². The highest BCUT2D eigenvalue weighted by Gasteiger charge is 2.08. The molecule has 0 spiro atoms. The molecule has 0 aliphatic carbocycles. The first kappa shape index (κ1) is 16.1. The molecular formula is C14H19BrFNO2. The summed E-state index contributed by atoms with van der Waals surface area (Å²) in [6.45, 7) is 2.63. The minimum atomic E-state index is -0.296. The fourth-order valence-corrected chi connectivity index (χ4v) is 2.00. The summed E-state index contributed by atoms with van der Waals surface area (Å²) in [6.07, 6.45) is 1.32. The summed E-state index contributed by atoms with van der Waals surface area (Å²) >= 11 is 3.19. The number of rotatable bonds is 7. The summed E-state index contributed by atoms with van der Waals surface area (Å²) in [4.78, 5) is 11.6. The molecule has 3 nitrogen and oxygen atoms in total. The average Bonchev–Trinajstić information content (AvgIpc) is 2.35. The third-order valence-electron chi connectivity index (χ3n) is 2.91. The van der Waals surface area contributed by atoms with Crippen LogP contribution in [0.15, 0.2) is 22.7 Å². The normalized spacial score (nSPS) is 12.2. The lowest BCUT2D eigenvalue weighted by atomic mass is 10.1. The van der Waals surface area contributed by atoms with Gasteiger partial charge in [-0.05, 0) is 36.5 Å². The predicted octanol–water partition coefficient (Wildman–Crippen LogP) is 2.66. The number of hydrogen-bond donors (Lipinski definition) is 2. The monoisotopic (exact) mass is 331 g/mol. The Hall–Kier alpha value is -0.940. The molecule has 2 N–H and O–H groups in total. The largest absolute Gasteiger partial charge is 0.396 e. The van der Waals surface area contributed by atoms with Crippen LogP contribution in [-0.4, -0.2) is 24.2 Å². The van der Waals surface area contributed by atoms with E-state index in [0.717, 1.165) is 0 Å².